The van der Waals surface area contributed by atoms with E-state index in [1.165, 1.54) is 6.07 Å². The number of amides is 1. The summed E-state index contributed by atoms with van der Waals surface area (Å²) in [5, 5.41) is 26.7. The Hall–Kier alpha value is -5.02. The molecule has 0 aliphatic carbocycles. The van der Waals surface area contributed by atoms with E-state index in [0.29, 0.717) is 46.8 Å². The van der Waals surface area contributed by atoms with Gasteiger partial charge in [0.2, 0.25) is 0 Å². The molecule has 0 aliphatic heterocycles. The minimum Gasteiger partial charge on any atom is -0.478 e. The molecule has 5 N–H and O–H groups in total. The maximum absolute atomic E-state index is 13.1. The number of nitrogens with one attached hydrogen (secondary N) is 2. The molecule has 2 heterocycles. The van der Waals surface area contributed by atoms with Gasteiger partial charge in [-0.25, -0.2) is 4.79 Å². The first-order valence-electron chi connectivity index (χ1n) is 12.9. The minimum absolute atomic E-state index is 0.0269. The number of aryl methyl sites for hydroxylation is 1. The van der Waals surface area contributed by atoms with E-state index in [1.54, 1.807) is 48.8 Å². The van der Waals surface area contributed by atoms with E-state index in [2.05, 4.69) is 10.3 Å². The first kappa shape index (κ1) is 27.5. The van der Waals surface area contributed by atoms with E-state index in [9.17, 15) is 14.7 Å². The molecule has 0 spiro atoms. The Labute approximate surface area is 241 Å². The van der Waals surface area contributed by atoms with E-state index in [-0.39, 0.29) is 17.3 Å². The highest BCUT2D eigenvalue weighted by Crippen LogP contribution is 2.33. The predicted octanol–water partition coefficient (Wildman–Crippen LogP) is 5.27. The average Bonchev–Trinajstić information content (AvgIpc) is 3.33. The van der Waals surface area contributed by atoms with Gasteiger partial charge < -0.3 is 16.2 Å². The second-order valence-electron chi connectivity index (χ2n) is 9.50. The number of nitrogen functional groups attached to an aromatic ring is 1. The summed E-state index contributed by atoms with van der Waals surface area (Å²) in [6.07, 6.45) is 3.72. The van der Waals surface area contributed by atoms with Gasteiger partial charge >= 0.3 is 5.97 Å². The number of rotatable bonds is 9. The van der Waals surface area contributed by atoms with E-state index in [1.807, 2.05) is 35.9 Å². The van der Waals surface area contributed by atoms with Gasteiger partial charge in [-0.2, -0.15) is 5.10 Å². The number of carboxylic acids is 1. The van der Waals surface area contributed by atoms with Crippen molar-refractivity contribution in [3.8, 4) is 11.1 Å². The monoisotopic (exact) mass is 566 g/mol. The number of nitrogens with zero attached hydrogens (tertiary/aromatic N) is 3. The van der Waals surface area contributed by atoms with Crippen LogP contribution in [0, 0.1) is 5.41 Å². The molecule has 0 radical (unpaired) electrons. The van der Waals surface area contributed by atoms with Crippen LogP contribution in [0.1, 0.15) is 50.0 Å². The molecule has 5 aromatic rings. The van der Waals surface area contributed by atoms with Crippen molar-refractivity contribution in [3.63, 3.8) is 0 Å². The maximum Gasteiger partial charge on any atom is 0.336 e. The van der Waals surface area contributed by atoms with E-state index in [4.69, 9.17) is 27.8 Å². The summed E-state index contributed by atoms with van der Waals surface area (Å²) in [4.78, 5) is 29.4. The summed E-state index contributed by atoms with van der Waals surface area (Å²) in [6, 6.07) is 19.1. The number of benzene rings is 3. The van der Waals surface area contributed by atoms with Gasteiger partial charge in [-0.05, 0) is 65.6 Å². The van der Waals surface area contributed by atoms with Gasteiger partial charge in [-0.15, -0.1) is 0 Å². The lowest BCUT2D eigenvalue weighted by Gasteiger charge is -2.15. The fourth-order valence-corrected chi connectivity index (χ4v) is 4.97. The molecular formula is C31H27ClN6O3. The van der Waals surface area contributed by atoms with Crippen LogP contribution in [0.5, 0.6) is 0 Å². The van der Waals surface area contributed by atoms with Crippen molar-refractivity contribution in [1.29, 1.82) is 5.41 Å². The van der Waals surface area contributed by atoms with Crippen molar-refractivity contribution >= 4 is 40.2 Å². The van der Waals surface area contributed by atoms with Crippen LogP contribution < -0.4 is 11.1 Å². The van der Waals surface area contributed by atoms with Gasteiger partial charge in [-0.1, -0.05) is 41.9 Å². The Morgan fingerprint density at radius 2 is 1.85 bits per heavy atom. The van der Waals surface area contributed by atoms with Crippen molar-refractivity contribution in [2.24, 2.45) is 5.73 Å². The molecule has 0 fully saturated rings. The molecular weight excluding hydrogens is 540 g/mol. The Balaban J connectivity index is 1.59. The molecule has 9 nitrogen and oxygen atoms in total. The lowest BCUT2D eigenvalue weighted by Crippen LogP contribution is -2.23. The zero-order valence-electron chi connectivity index (χ0n) is 22.2. The highest BCUT2D eigenvalue weighted by Gasteiger charge is 2.20. The second-order valence-corrected chi connectivity index (χ2v) is 9.93. The Morgan fingerprint density at radius 3 is 2.56 bits per heavy atom. The zero-order chi connectivity index (χ0) is 29.1. The SMILES string of the molecule is CCn1nc(Cc2ccc(C(=O)NCc3cccnc3)cc2-c2ccc(Cl)cc2C(=O)O)c2ccc(C(=N)N)cc21. The van der Waals surface area contributed by atoms with Gasteiger partial charge in [0.1, 0.15) is 5.84 Å². The molecule has 10 heteroatoms. The quantitative estimate of drug-likeness (QED) is 0.141. The molecule has 0 bridgehead atoms. The van der Waals surface area contributed by atoms with Gasteiger partial charge in [-0.3, -0.25) is 19.9 Å². The number of hydrogen-bond acceptors (Lipinski definition) is 5. The standard InChI is InChI=1S/C31H27ClN6O3/c1-2-38-28-14-20(29(33)34)7-9-24(28)27(37-38)13-19-5-6-21(30(39)36-17-18-4-3-11-35-16-18)12-25(19)23-10-8-22(32)15-26(23)31(40)41/h3-12,14-16H,2,13,17H2,1H3,(H3,33,34)(H,36,39)(H,40,41). The number of carbonyl (C=O) groups is 2. The van der Waals surface area contributed by atoms with Crippen LogP contribution in [0.2, 0.25) is 5.02 Å². The van der Waals surface area contributed by atoms with Crippen LogP contribution in [0.3, 0.4) is 0 Å². The lowest BCUT2D eigenvalue weighted by molar-refractivity contribution is 0.0697. The third kappa shape index (κ3) is 5.80. The van der Waals surface area contributed by atoms with Crippen LogP contribution in [-0.4, -0.2) is 37.6 Å². The van der Waals surface area contributed by atoms with Crippen molar-refractivity contribution in [3.05, 3.63) is 118 Å². The average molecular weight is 567 g/mol. The number of hydrogen-bond donors (Lipinski definition) is 4. The topological polar surface area (TPSA) is 147 Å². The van der Waals surface area contributed by atoms with Gasteiger partial charge in [0, 0.05) is 53.4 Å². The number of carboxylic acid groups (broad SMARTS) is 1. The number of pyridine rings is 1. The molecule has 1 amide bonds. The number of carbonyl (C=O) groups excluding carboxylic acids is 1. The molecule has 41 heavy (non-hydrogen) atoms. The minimum atomic E-state index is -1.13. The molecule has 0 saturated carbocycles. The smallest absolute Gasteiger partial charge is 0.336 e. The molecule has 0 atom stereocenters. The molecule has 5 rings (SSSR count). The molecule has 0 saturated heterocycles. The summed E-state index contributed by atoms with van der Waals surface area (Å²) in [6.45, 7) is 2.89. The van der Waals surface area contributed by atoms with Crippen LogP contribution in [0.4, 0.5) is 0 Å². The Bertz CT molecular complexity index is 1800. The Kier molecular flexibility index (Phi) is 7.80. The van der Waals surface area contributed by atoms with Gasteiger partial charge in [0.25, 0.3) is 5.91 Å². The molecule has 206 valence electrons. The number of nitrogens with two attached hydrogens (primary N) is 1. The van der Waals surface area contributed by atoms with E-state index < -0.39 is 5.97 Å². The molecule has 0 aliphatic rings. The Morgan fingerprint density at radius 1 is 1.05 bits per heavy atom. The van der Waals surface area contributed by atoms with Crippen molar-refractivity contribution in [2.75, 3.05) is 0 Å². The van der Waals surface area contributed by atoms with Crippen LogP contribution in [-0.2, 0) is 19.5 Å². The highest BCUT2D eigenvalue weighted by atomic mass is 35.5. The predicted molar refractivity (Wildman–Crippen MR) is 158 cm³/mol. The molecule has 3 aromatic carbocycles. The van der Waals surface area contributed by atoms with Gasteiger partial charge in [0.05, 0.1) is 16.8 Å². The second kappa shape index (κ2) is 11.6. The third-order valence-corrected chi connectivity index (χ3v) is 7.08. The number of aromatic nitrogens is 3. The fraction of sp³-hybridized carbons (Fsp3) is 0.129. The number of amidine groups is 1. The van der Waals surface area contributed by atoms with Gasteiger partial charge in [0.15, 0.2) is 0 Å². The highest BCUT2D eigenvalue weighted by molar-refractivity contribution is 6.31. The third-order valence-electron chi connectivity index (χ3n) is 6.85. The first-order valence-corrected chi connectivity index (χ1v) is 13.3. The summed E-state index contributed by atoms with van der Waals surface area (Å²) >= 11 is 6.15. The summed E-state index contributed by atoms with van der Waals surface area (Å²) in [5.74, 6) is -1.46. The lowest BCUT2D eigenvalue weighted by atomic mass is 9.91. The molecule has 0 unspecified atom stereocenters. The maximum atomic E-state index is 13.1. The van der Waals surface area contributed by atoms with Crippen LogP contribution in [0.15, 0.2) is 79.1 Å². The van der Waals surface area contributed by atoms with E-state index in [0.717, 1.165) is 27.7 Å². The fourth-order valence-electron chi connectivity index (χ4n) is 4.80. The summed E-state index contributed by atoms with van der Waals surface area (Å²) < 4.78 is 1.85. The van der Waals surface area contributed by atoms with E-state index >= 15 is 0 Å². The zero-order valence-corrected chi connectivity index (χ0v) is 22.9. The molecule has 2 aromatic heterocycles. The summed E-state index contributed by atoms with van der Waals surface area (Å²) in [5.41, 5.74) is 11.0. The number of halogens is 1. The van der Waals surface area contributed by atoms with Crippen LogP contribution >= 0.6 is 11.6 Å². The van der Waals surface area contributed by atoms with Crippen molar-refractivity contribution in [1.82, 2.24) is 20.1 Å². The van der Waals surface area contributed by atoms with Crippen molar-refractivity contribution < 1.29 is 14.7 Å². The number of fused-ring (bicyclic) bond motifs is 1. The normalized spacial score (nSPS) is 11.0. The largest absolute Gasteiger partial charge is 0.478 e. The van der Waals surface area contributed by atoms with Crippen LogP contribution in [0.25, 0.3) is 22.0 Å². The first-order chi connectivity index (χ1) is 19.7. The number of aromatic carboxylic acids is 1. The summed E-state index contributed by atoms with van der Waals surface area (Å²) in [7, 11) is 0. The van der Waals surface area contributed by atoms with Crippen molar-refractivity contribution in [2.45, 2.75) is 26.4 Å².